The van der Waals surface area contributed by atoms with Crippen molar-refractivity contribution in [1.29, 1.82) is 0 Å². The van der Waals surface area contributed by atoms with Crippen molar-refractivity contribution in [2.45, 2.75) is 263 Å². The molecule has 7 aliphatic rings. The molecule has 10 rings (SSSR count). The Morgan fingerprint density at radius 1 is 0.445 bits per heavy atom. The number of likely N-dealkylation sites (tertiary alicyclic amines) is 7. The first-order valence-corrected chi connectivity index (χ1v) is 48.7. The fraction of sp³-hybridized carbons (Fsp3) is 0.731. The Bertz CT molecular complexity index is 4270. The number of nitrogens with one attached hydrogen (secondary N) is 2. The van der Waals surface area contributed by atoms with Crippen molar-refractivity contribution >= 4 is 119 Å². The van der Waals surface area contributed by atoms with Gasteiger partial charge in [-0.25, -0.2) is 58.1 Å². The SMILES string of the molecule is CC(C)(C)OC(=O)N1CCC(C=O)C1.CC(C)(C)OC(=O)N1CCC(CN)C1.CC(C)(C)OC(=O)N1CCC(CN=[N+]=[N-])C1.CC(C)(C)OC(=O)N1CCC(CNc2cc(Cl)ncc2CO)C1.CC(C)(C)OC(=O)N1CCC(CO)C1.CCC1CCN(C(=O)OC(C)(C)C)C1.CCOC(=O)c1cnc(Cl)cc1Cl.CCOC(=O)c1cnc(Cl)cc1NCC1CCN(C(=O)OC(C)(C)C)C1.[O]=[Mn]=[O]. The summed E-state index contributed by atoms with van der Waals surface area (Å²) in [5, 5.41) is 29.5. The molecule has 0 aromatic carbocycles. The summed E-state index contributed by atoms with van der Waals surface area (Å²) in [5.41, 5.74) is 13.3. The zero-order valence-electron chi connectivity index (χ0n) is 84.5. The van der Waals surface area contributed by atoms with E-state index in [4.69, 9.17) is 113 Å². The van der Waals surface area contributed by atoms with Gasteiger partial charge in [-0.15, -0.1) is 0 Å². The Kier molecular flexibility index (Phi) is 54.5. The summed E-state index contributed by atoms with van der Waals surface area (Å²) in [6.07, 6.45) is 10.9. The Hall–Kier alpha value is -8.98. The first-order valence-electron chi connectivity index (χ1n) is 46.2. The number of aliphatic hydroxyl groups is 2. The number of pyridine rings is 3. The van der Waals surface area contributed by atoms with E-state index in [1.165, 1.54) is 18.5 Å². The van der Waals surface area contributed by atoms with Crippen molar-refractivity contribution in [3.8, 4) is 0 Å². The number of nitrogens with two attached hydrogens (primary N) is 1. The van der Waals surface area contributed by atoms with Crippen LogP contribution in [-0.4, -0.2) is 297 Å². The molecule has 0 radical (unpaired) electrons. The van der Waals surface area contributed by atoms with E-state index in [1.54, 1.807) is 61.6 Å². The summed E-state index contributed by atoms with van der Waals surface area (Å²) >= 11 is 21.7. The molecule has 0 spiro atoms. The molecule has 7 atom stereocenters. The number of carbonyl (C=O) groups excluding carboxylic acids is 10. The number of carbonyl (C=O) groups is 10. The van der Waals surface area contributed by atoms with Gasteiger partial charge in [0.1, 0.15) is 66.5 Å². The normalized spacial score (nSPS) is 18.9. The third-order valence-electron chi connectivity index (χ3n) is 20.2. The van der Waals surface area contributed by atoms with Crippen LogP contribution in [0.3, 0.4) is 0 Å². The molecule has 777 valence electrons. The second kappa shape index (κ2) is 60.2. The molecule has 7 unspecified atom stereocenters. The van der Waals surface area contributed by atoms with Crippen LogP contribution in [0.5, 0.6) is 0 Å². The quantitative estimate of drug-likeness (QED) is 0.0122. The van der Waals surface area contributed by atoms with Crippen LogP contribution in [0.15, 0.2) is 41.9 Å². The zero-order chi connectivity index (χ0) is 104. The van der Waals surface area contributed by atoms with Gasteiger partial charge in [0.15, 0.2) is 0 Å². The van der Waals surface area contributed by atoms with E-state index in [2.05, 4.69) is 42.5 Å². The van der Waals surface area contributed by atoms with E-state index < -0.39 is 60.4 Å². The summed E-state index contributed by atoms with van der Waals surface area (Å²) in [4.78, 5) is 142. The van der Waals surface area contributed by atoms with Gasteiger partial charge in [0.25, 0.3) is 0 Å². The summed E-state index contributed by atoms with van der Waals surface area (Å²) in [6, 6.07) is 4.71. The number of ether oxygens (including phenoxy) is 9. The minimum absolute atomic E-state index is 0.0116. The fourth-order valence-electron chi connectivity index (χ4n) is 13.6. The second-order valence-electron chi connectivity index (χ2n) is 40.5. The predicted molar refractivity (Wildman–Crippen MR) is 517 cm³/mol. The number of hydrogen-bond acceptors (Lipinski definition) is 30. The molecule has 7 amide bonds. The molecular weight excluding hydrogens is 1910 g/mol. The summed E-state index contributed by atoms with van der Waals surface area (Å²) in [5.74, 6) is 1.25. The average Bonchev–Trinajstić information content (AvgIpc) is 1.61. The molecule has 44 heteroatoms. The number of nitrogens with zero attached hydrogens (tertiary/aromatic N) is 13. The number of aliphatic hydroxyl groups excluding tert-OH is 2. The molecule has 0 bridgehead atoms. The van der Waals surface area contributed by atoms with Crippen LogP contribution in [0, 0.1) is 41.4 Å². The van der Waals surface area contributed by atoms with Crippen LogP contribution in [0.25, 0.3) is 10.4 Å². The molecule has 3 aromatic rings. The summed E-state index contributed by atoms with van der Waals surface area (Å²) in [6.45, 7) is 57.4. The molecule has 137 heavy (non-hydrogen) atoms. The van der Waals surface area contributed by atoms with Crippen LogP contribution in [0.4, 0.5) is 44.9 Å². The molecule has 7 aliphatic heterocycles. The molecule has 0 aliphatic carbocycles. The number of esters is 2. The molecule has 7 saturated heterocycles. The standard InChI is InChI=1S/C18H26ClN3O4.C16H24ClN3O3.C11H21NO2.C10H18N4O2.C10H20N2O2.C10H19NO3.C10H17NO3.C8H7Cl2NO2.Mn.2O/c1-5-25-16(23)13-10-21-15(19)8-14(13)20-9-12-6-7-22(11-12)17(24)26-18(2,3)4;1-16(2,3)23-15(22)20-5-4-11(9-20)7-18-13-6-14(17)19-8-12(13)10-21;1-5-9-6-7-12(8-9)10(13)14-11(2,3)4;1-10(2,3)16-9(15)14-5-4-8(7-14)6-12-13-11;1-10(2,3)14-9(13)12-5-4-8(6-11)7-12;2*1-10(2,3)14-9(13)11-5-4-8(6-11)7-12;1-2-13-8(12)5-4-11-7(10)3-6(5)9;;;/h8,10,12H,5-7,9,11H2,1-4H3,(H,20,21);6,8,11,21H,4-5,7,9-10H2,1-3H3,(H,18,19);9H,5-8H2,1-4H3;8H,4-7H2,1-3H3;8H,4-7,11H2,1-3H3;8,12H,4-7H2,1-3H3;7-8H,4-6H2,1-3H3;3-4H,2H2,1H3;;;. The van der Waals surface area contributed by atoms with Gasteiger partial charge < -0.3 is 108 Å². The number of aromatic nitrogens is 3. The Morgan fingerprint density at radius 3 is 1.05 bits per heavy atom. The maximum atomic E-state index is 12.1. The number of amides is 7. The van der Waals surface area contributed by atoms with E-state index in [0.29, 0.717) is 143 Å². The number of halogens is 4. The first kappa shape index (κ1) is 124. The van der Waals surface area contributed by atoms with Crippen LogP contribution >= 0.6 is 46.4 Å². The molecule has 0 saturated carbocycles. The molecule has 7 fully saturated rings. The van der Waals surface area contributed by atoms with Gasteiger partial charge in [-0.3, -0.25) is 0 Å². The number of hydrogen-bond donors (Lipinski definition) is 5. The third kappa shape index (κ3) is 52.7. The van der Waals surface area contributed by atoms with E-state index in [-0.39, 0.29) is 107 Å². The average molecular weight is 2060 g/mol. The van der Waals surface area contributed by atoms with Gasteiger partial charge in [0.2, 0.25) is 0 Å². The van der Waals surface area contributed by atoms with Gasteiger partial charge in [0, 0.05) is 164 Å². The fourth-order valence-corrected chi connectivity index (χ4v) is 14.4. The monoisotopic (exact) mass is 2060 g/mol. The Labute approximate surface area is 834 Å². The van der Waals surface area contributed by atoms with Crippen molar-refractivity contribution in [2.75, 3.05) is 148 Å². The number of azide groups is 1. The van der Waals surface area contributed by atoms with E-state index in [9.17, 15) is 53.1 Å². The van der Waals surface area contributed by atoms with Gasteiger partial charge >= 0.3 is 77.1 Å². The van der Waals surface area contributed by atoms with Gasteiger partial charge in [-0.05, 0) is 264 Å². The Balaban J connectivity index is 0.000000534. The van der Waals surface area contributed by atoms with Crippen molar-refractivity contribution in [2.24, 2.45) is 52.3 Å². The number of aldehydes is 1. The van der Waals surface area contributed by atoms with E-state index in [1.807, 2.05) is 150 Å². The zero-order valence-corrected chi connectivity index (χ0v) is 88.7. The molecule has 10 heterocycles. The van der Waals surface area contributed by atoms with Crippen molar-refractivity contribution in [3.63, 3.8) is 0 Å². The molecule has 6 N–H and O–H groups in total. The molecule has 3 aromatic heterocycles. The van der Waals surface area contributed by atoms with Gasteiger partial charge in [-0.2, -0.15) is 0 Å². The summed E-state index contributed by atoms with van der Waals surface area (Å²) in [7, 11) is 0. The van der Waals surface area contributed by atoms with Crippen LogP contribution in [0.1, 0.15) is 244 Å². The van der Waals surface area contributed by atoms with Crippen molar-refractivity contribution in [1.82, 2.24) is 49.3 Å². The molecular formula is C93H152Cl4MnN16O23. The topological polar surface area (TPSA) is 489 Å². The van der Waals surface area contributed by atoms with Crippen LogP contribution in [0.2, 0.25) is 20.5 Å². The molecule has 39 nitrogen and oxygen atoms in total. The van der Waals surface area contributed by atoms with E-state index >= 15 is 0 Å². The van der Waals surface area contributed by atoms with Gasteiger partial charge in [-0.1, -0.05) is 64.9 Å². The van der Waals surface area contributed by atoms with Crippen LogP contribution in [-0.2, 0) is 76.5 Å². The third-order valence-corrected chi connectivity index (χ3v) is 21.2. The van der Waals surface area contributed by atoms with Gasteiger partial charge in [0.05, 0.1) is 36.1 Å². The van der Waals surface area contributed by atoms with Crippen molar-refractivity contribution < 1.29 is 123 Å². The Morgan fingerprint density at radius 2 is 0.737 bits per heavy atom. The van der Waals surface area contributed by atoms with Crippen molar-refractivity contribution in [3.05, 3.63) is 84.4 Å². The van der Waals surface area contributed by atoms with Crippen LogP contribution < -0.4 is 16.4 Å². The van der Waals surface area contributed by atoms with E-state index in [0.717, 1.165) is 89.5 Å². The summed E-state index contributed by atoms with van der Waals surface area (Å²) < 4.78 is 63.6. The minimum atomic E-state index is -1.44. The second-order valence-corrected chi connectivity index (χ2v) is 42.2. The predicted octanol–water partition coefficient (Wildman–Crippen LogP) is 17.9. The number of anilines is 2. The first-order chi connectivity index (χ1) is 63.6. The number of rotatable bonds is 17. The maximum absolute atomic E-state index is 12.1.